The SMILES string of the molecule is CCCCCCCOCCOCCOCCOCCOC(=O)C(=O)c1ccccc1. The van der Waals surface area contributed by atoms with Crippen LogP contribution >= 0.6 is 0 Å². The highest BCUT2D eigenvalue weighted by molar-refractivity contribution is 6.40. The van der Waals surface area contributed by atoms with Crippen molar-refractivity contribution in [3.63, 3.8) is 0 Å². The van der Waals surface area contributed by atoms with Gasteiger partial charge in [-0.1, -0.05) is 62.9 Å². The molecule has 0 amide bonds. The first-order valence-electron chi connectivity index (χ1n) is 10.8. The summed E-state index contributed by atoms with van der Waals surface area (Å²) in [7, 11) is 0. The Morgan fingerprint density at radius 2 is 1.13 bits per heavy atom. The van der Waals surface area contributed by atoms with Crippen LogP contribution in [0.2, 0.25) is 0 Å². The smallest absolute Gasteiger partial charge is 0.379 e. The number of esters is 1. The van der Waals surface area contributed by atoms with Gasteiger partial charge in [0.2, 0.25) is 0 Å². The zero-order valence-electron chi connectivity index (χ0n) is 18.1. The van der Waals surface area contributed by atoms with Crippen LogP contribution in [0.1, 0.15) is 49.4 Å². The maximum absolute atomic E-state index is 11.8. The minimum Gasteiger partial charge on any atom is -0.457 e. The molecule has 0 saturated carbocycles. The van der Waals surface area contributed by atoms with Gasteiger partial charge in [-0.3, -0.25) is 4.79 Å². The molecule has 0 spiro atoms. The van der Waals surface area contributed by atoms with Crippen molar-refractivity contribution in [3.8, 4) is 0 Å². The number of rotatable bonds is 20. The maximum atomic E-state index is 11.8. The third kappa shape index (κ3) is 14.2. The van der Waals surface area contributed by atoms with Crippen LogP contribution in [-0.2, 0) is 28.5 Å². The van der Waals surface area contributed by atoms with Crippen molar-refractivity contribution >= 4 is 11.8 Å². The summed E-state index contributed by atoms with van der Waals surface area (Å²) in [6, 6.07) is 8.31. The van der Waals surface area contributed by atoms with Gasteiger partial charge in [0.1, 0.15) is 6.61 Å². The molecule has 0 radical (unpaired) electrons. The van der Waals surface area contributed by atoms with E-state index in [1.165, 1.54) is 25.7 Å². The third-order valence-electron chi connectivity index (χ3n) is 4.19. The average molecular weight is 425 g/mol. The molecule has 0 heterocycles. The number of unbranched alkanes of at least 4 members (excludes halogenated alkanes) is 4. The first-order chi connectivity index (χ1) is 14.8. The molecule has 30 heavy (non-hydrogen) atoms. The van der Waals surface area contributed by atoms with E-state index in [1.807, 2.05) is 0 Å². The Balaban J connectivity index is 1.79. The van der Waals surface area contributed by atoms with Gasteiger partial charge in [0, 0.05) is 12.2 Å². The van der Waals surface area contributed by atoms with Crippen LogP contribution in [-0.4, -0.2) is 71.2 Å². The number of ether oxygens (including phenoxy) is 5. The molecule has 0 fully saturated rings. The summed E-state index contributed by atoms with van der Waals surface area (Å²) < 4.78 is 26.5. The van der Waals surface area contributed by atoms with Crippen LogP contribution < -0.4 is 0 Å². The van der Waals surface area contributed by atoms with Gasteiger partial charge < -0.3 is 23.7 Å². The third-order valence-corrected chi connectivity index (χ3v) is 4.19. The van der Waals surface area contributed by atoms with Crippen molar-refractivity contribution in [2.45, 2.75) is 39.0 Å². The molecule has 7 nitrogen and oxygen atoms in total. The predicted molar refractivity (Wildman–Crippen MR) is 114 cm³/mol. The van der Waals surface area contributed by atoms with E-state index in [0.29, 0.717) is 45.2 Å². The van der Waals surface area contributed by atoms with Crippen molar-refractivity contribution in [2.24, 2.45) is 0 Å². The quantitative estimate of drug-likeness (QED) is 0.137. The Labute approximate surface area is 180 Å². The first kappa shape index (κ1) is 26.2. The molecule has 0 unspecified atom stereocenters. The van der Waals surface area contributed by atoms with Crippen molar-refractivity contribution in [2.75, 3.05) is 59.5 Å². The van der Waals surface area contributed by atoms with Crippen LogP contribution in [0.5, 0.6) is 0 Å². The highest BCUT2D eigenvalue weighted by atomic mass is 16.6. The largest absolute Gasteiger partial charge is 0.457 e. The van der Waals surface area contributed by atoms with Crippen molar-refractivity contribution in [1.82, 2.24) is 0 Å². The number of hydrogen-bond donors (Lipinski definition) is 0. The van der Waals surface area contributed by atoms with Crippen LogP contribution in [0.4, 0.5) is 0 Å². The molecule has 0 bridgehead atoms. The van der Waals surface area contributed by atoms with E-state index >= 15 is 0 Å². The van der Waals surface area contributed by atoms with Gasteiger partial charge in [0.05, 0.1) is 46.2 Å². The lowest BCUT2D eigenvalue weighted by Gasteiger charge is -2.08. The molecule has 170 valence electrons. The van der Waals surface area contributed by atoms with Crippen LogP contribution in [0.15, 0.2) is 30.3 Å². The Morgan fingerprint density at radius 3 is 1.70 bits per heavy atom. The van der Waals surface area contributed by atoms with E-state index < -0.39 is 11.8 Å². The second kappa shape index (κ2) is 19.2. The Kier molecular flexibility index (Phi) is 16.8. The van der Waals surface area contributed by atoms with Gasteiger partial charge in [-0.25, -0.2) is 4.79 Å². The molecule has 0 atom stereocenters. The van der Waals surface area contributed by atoms with Gasteiger partial charge in [-0.15, -0.1) is 0 Å². The summed E-state index contributed by atoms with van der Waals surface area (Å²) in [5, 5.41) is 0. The summed E-state index contributed by atoms with van der Waals surface area (Å²) >= 11 is 0. The van der Waals surface area contributed by atoms with Gasteiger partial charge in [-0.2, -0.15) is 0 Å². The Bertz CT molecular complexity index is 548. The van der Waals surface area contributed by atoms with Gasteiger partial charge in [0.15, 0.2) is 0 Å². The Morgan fingerprint density at radius 1 is 0.633 bits per heavy atom. The summed E-state index contributed by atoms with van der Waals surface area (Å²) in [6.45, 7) is 6.24. The summed E-state index contributed by atoms with van der Waals surface area (Å²) in [5.74, 6) is -1.53. The lowest BCUT2D eigenvalue weighted by molar-refractivity contribution is -0.139. The fourth-order valence-electron chi connectivity index (χ4n) is 2.54. The fourth-order valence-corrected chi connectivity index (χ4v) is 2.54. The first-order valence-corrected chi connectivity index (χ1v) is 10.8. The van der Waals surface area contributed by atoms with E-state index in [1.54, 1.807) is 30.3 Å². The molecular formula is C23H36O7. The van der Waals surface area contributed by atoms with Crippen LogP contribution in [0.25, 0.3) is 0 Å². The number of ketones is 1. The lowest BCUT2D eigenvalue weighted by atomic mass is 10.1. The topological polar surface area (TPSA) is 80.3 Å². The second-order valence-electron chi connectivity index (χ2n) is 6.69. The number of hydrogen-bond acceptors (Lipinski definition) is 7. The second-order valence-corrected chi connectivity index (χ2v) is 6.69. The van der Waals surface area contributed by atoms with Gasteiger partial charge >= 0.3 is 5.97 Å². The number of carbonyl (C=O) groups is 2. The van der Waals surface area contributed by atoms with Crippen LogP contribution in [0.3, 0.4) is 0 Å². The number of carbonyl (C=O) groups excluding carboxylic acids is 2. The number of benzene rings is 1. The summed E-state index contributed by atoms with van der Waals surface area (Å²) in [5.41, 5.74) is 0.313. The highest BCUT2D eigenvalue weighted by Gasteiger charge is 2.16. The molecule has 1 aromatic rings. The minimum atomic E-state index is -0.876. The minimum absolute atomic E-state index is 0.0269. The van der Waals surface area contributed by atoms with Crippen molar-refractivity contribution in [3.05, 3.63) is 35.9 Å². The molecule has 0 aliphatic rings. The van der Waals surface area contributed by atoms with E-state index in [-0.39, 0.29) is 13.2 Å². The van der Waals surface area contributed by atoms with Crippen LogP contribution in [0, 0.1) is 0 Å². The fraction of sp³-hybridized carbons (Fsp3) is 0.652. The summed E-state index contributed by atoms with van der Waals surface area (Å²) in [4.78, 5) is 23.4. The monoisotopic (exact) mass is 424 g/mol. The zero-order chi connectivity index (χ0) is 21.7. The lowest BCUT2D eigenvalue weighted by Crippen LogP contribution is -2.20. The molecule has 0 saturated heterocycles. The standard InChI is InChI=1S/C23H36O7/c1-2-3-4-5-9-12-26-13-14-27-15-16-28-17-18-29-19-20-30-23(25)22(24)21-10-7-6-8-11-21/h6-8,10-11H,2-5,9,12-20H2,1H3. The predicted octanol–water partition coefficient (Wildman–Crippen LogP) is 3.45. The molecular weight excluding hydrogens is 388 g/mol. The Hall–Kier alpha value is -1.80. The zero-order valence-corrected chi connectivity index (χ0v) is 18.1. The van der Waals surface area contributed by atoms with Gasteiger partial charge in [-0.05, 0) is 6.42 Å². The molecule has 1 rings (SSSR count). The average Bonchev–Trinajstić information content (AvgIpc) is 2.78. The normalized spacial score (nSPS) is 10.8. The molecule has 0 aliphatic heterocycles. The van der Waals surface area contributed by atoms with Gasteiger partial charge in [0.25, 0.3) is 5.78 Å². The van der Waals surface area contributed by atoms with E-state index in [0.717, 1.165) is 13.0 Å². The van der Waals surface area contributed by atoms with E-state index in [2.05, 4.69) is 6.92 Å². The molecule has 1 aromatic carbocycles. The maximum Gasteiger partial charge on any atom is 0.379 e. The van der Waals surface area contributed by atoms with Crippen molar-refractivity contribution < 1.29 is 33.3 Å². The van der Waals surface area contributed by atoms with E-state index in [4.69, 9.17) is 23.7 Å². The molecule has 0 N–H and O–H groups in total. The van der Waals surface area contributed by atoms with Crippen molar-refractivity contribution in [1.29, 1.82) is 0 Å². The molecule has 7 heteroatoms. The highest BCUT2D eigenvalue weighted by Crippen LogP contribution is 2.02. The van der Waals surface area contributed by atoms with E-state index in [9.17, 15) is 9.59 Å². The molecule has 0 aliphatic carbocycles. The molecule has 0 aromatic heterocycles. The summed E-state index contributed by atoms with van der Waals surface area (Å²) in [6.07, 6.45) is 6.20. The number of Topliss-reactive ketones (excluding diaryl/α,β-unsaturated/α-hetero) is 1.